The first kappa shape index (κ1) is 7.59. The third-order valence-electron chi connectivity index (χ3n) is 0.754. The van der Waals surface area contributed by atoms with Crippen molar-refractivity contribution in [1.82, 2.24) is 5.32 Å². The number of carbonyl (C=O) groups excluding carboxylic acids is 1. The van der Waals surface area contributed by atoms with Gasteiger partial charge in [-0.1, -0.05) is 0 Å². The molecule has 0 aliphatic carbocycles. The van der Waals surface area contributed by atoms with Gasteiger partial charge in [0.15, 0.2) is 0 Å². The van der Waals surface area contributed by atoms with Crippen LogP contribution in [0.5, 0.6) is 0 Å². The molecule has 48 valence electrons. The lowest BCUT2D eigenvalue weighted by atomic mass is 10.4. The van der Waals surface area contributed by atoms with Crippen LogP contribution in [0.15, 0.2) is 0 Å². The normalized spacial score (nSPS) is 13.2. The summed E-state index contributed by atoms with van der Waals surface area (Å²) in [6.07, 6.45) is 0.832. The summed E-state index contributed by atoms with van der Waals surface area (Å²) in [4.78, 5) is 9.89. The van der Waals surface area contributed by atoms with Crippen LogP contribution in [0, 0.1) is 0 Å². The minimum Gasteiger partial charge on any atom is -0.370 e. The molecule has 0 aromatic rings. The third kappa shape index (κ3) is 3.77. The molecule has 0 saturated carbocycles. The van der Waals surface area contributed by atoms with Crippen LogP contribution in [0.3, 0.4) is 0 Å². The second-order valence-electron chi connectivity index (χ2n) is 1.56. The smallest absolute Gasteiger partial charge is 0.136 e. The quantitative estimate of drug-likeness (QED) is 0.408. The molecule has 0 radical (unpaired) electrons. The van der Waals surface area contributed by atoms with E-state index in [-0.39, 0.29) is 6.04 Å². The zero-order valence-electron chi connectivity index (χ0n) is 5.18. The number of carbonyl (C=O) groups is 1. The van der Waals surface area contributed by atoms with Crippen molar-refractivity contribution in [2.45, 2.75) is 13.0 Å². The molecule has 0 aliphatic heterocycles. The zero-order chi connectivity index (χ0) is 6.41. The number of hydrogen-bond acceptors (Lipinski definition) is 3. The summed E-state index contributed by atoms with van der Waals surface area (Å²) in [6.45, 7) is 2.20. The Bertz CT molecular complexity index is 65.4. The maximum Gasteiger partial charge on any atom is 0.136 e. The monoisotopic (exact) mass is 117 g/mol. The predicted octanol–water partition coefficient (Wildman–Crippen LogP) is -0.233. The highest BCUT2D eigenvalue weighted by Gasteiger charge is 1.92. The number of nitrogens with one attached hydrogen (secondary N) is 1. The maximum absolute atomic E-state index is 9.89. The van der Waals surface area contributed by atoms with Crippen molar-refractivity contribution >= 4 is 6.29 Å². The standard InChI is InChI=1S/C5H11NO2/c1-5(3-7)6-4-8-2/h3,5-6H,4H2,1-2H3. The van der Waals surface area contributed by atoms with Gasteiger partial charge in [-0.2, -0.15) is 0 Å². The Hall–Kier alpha value is -0.410. The zero-order valence-corrected chi connectivity index (χ0v) is 5.18. The molecule has 3 nitrogen and oxygen atoms in total. The Labute approximate surface area is 49.0 Å². The first-order valence-electron chi connectivity index (χ1n) is 2.49. The van der Waals surface area contributed by atoms with Crippen LogP contribution in [0.1, 0.15) is 6.92 Å². The Morgan fingerprint density at radius 2 is 2.50 bits per heavy atom. The molecule has 0 fully saturated rings. The van der Waals surface area contributed by atoms with Crippen LogP contribution in [-0.2, 0) is 9.53 Å². The molecule has 1 atom stereocenters. The summed E-state index contributed by atoms with van der Waals surface area (Å²) in [5.41, 5.74) is 0. The van der Waals surface area contributed by atoms with Crippen LogP contribution < -0.4 is 5.32 Å². The van der Waals surface area contributed by atoms with E-state index in [2.05, 4.69) is 10.1 Å². The molecule has 0 amide bonds. The Morgan fingerprint density at radius 1 is 1.88 bits per heavy atom. The third-order valence-corrected chi connectivity index (χ3v) is 0.754. The van der Waals surface area contributed by atoms with Crippen LogP contribution >= 0.6 is 0 Å². The molecule has 1 unspecified atom stereocenters. The van der Waals surface area contributed by atoms with Gasteiger partial charge < -0.3 is 9.53 Å². The fourth-order valence-electron chi connectivity index (χ4n) is 0.263. The molecule has 1 N–H and O–H groups in total. The molecule has 0 rings (SSSR count). The topological polar surface area (TPSA) is 38.3 Å². The highest BCUT2D eigenvalue weighted by Crippen LogP contribution is 1.70. The van der Waals surface area contributed by atoms with Crippen molar-refractivity contribution < 1.29 is 9.53 Å². The van der Waals surface area contributed by atoms with Gasteiger partial charge in [0, 0.05) is 7.11 Å². The van der Waals surface area contributed by atoms with Gasteiger partial charge in [0.2, 0.25) is 0 Å². The van der Waals surface area contributed by atoms with Crippen LogP contribution in [0.4, 0.5) is 0 Å². The molecular formula is C5H11NO2. The second kappa shape index (κ2) is 4.74. The number of methoxy groups -OCH3 is 1. The fourth-order valence-corrected chi connectivity index (χ4v) is 0.263. The van der Waals surface area contributed by atoms with Crippen LogP contribution in [0.2, 0.25) is 0 Å². The Kier molecular flexibility index (Phi) is 4.50. The number of ether oxygens (including phenoxy) is 1. The molecule has 8 heavy (non-hydrogen) atoms. The van der Waals surface area contributed by atoms with Crippen molar-refractivity contribution in [3.8, 4) is 0 Å². The first-order valence-corrected chi connectivity index (χ1v) is 2.49. The average molecular weight is 117 g/mol. The molecule has 0 aliphatic rings. The highest BCUT2D eigenvalue weighted by atomic mass is 16.5. The van der Waals surface area contributed by atoms with Crippen molar-refractivity contribution in [2.75, 3.05) is 13.8 Å². The number of rotatable bonds is 4. The van der Waals surface area contributed by atoms with E-state index in [4.69, 9.17) is 0 Å². The predicted molar refractivity (Wildman–Crippen MR) is 30.5 cm³/mol. The Morgan fingerprint density at radius 3 is 2.88 bits per heavy atom. The number of hydrogen-bond donors (Lipinski definition) is 1. The average Bonchev–Trinajstić information content (AvgIpc) is 1.83. The van der Waals surface area contributed by atoms with Crippen molar-refractivity contribution in [3.05, 3.63) is 0 Å². The van der Waals surface area contributed by atoms with E-state index >= 15 is 0 Å². The second-order valence-corrected chi connectivity index (χ2v) is 1.56. The lowest BCUT2D eigenvalue weighted by molar-refractivity contribution is -0.109. The molecule has 0 aromatic heterocycles. The first-order chi connectivity index (χ1) is 3.81. The molecular weight excluding hydrogens is 106 g/mol. The highest BCUT2D eigenvalue weighted by molar-refractivity contribution is 5.56. The molecule has 3 heteroatoms. The van der Waals surface area contributed by atoms with Gasteiger partial charge in [0.25, 0.3) is 0 Å². The Balaban J connectivity index is 2.98. The summed E-state index contributed by atoms with van der Waals surface area (Å²) in [7, 11) is 1.57. The summed E-state index contributed by atoms with van der Waals surface area (Å²) in [6, 6.07) is -0.102. The van der Waals surface area contributed by atoms with Gasteiger partial charge in [-0.3, -0.25) is 5.32 Å². The molecule has 0 saturated heterocycles. The summed E-state index contributed by atoms with van der Waals surface area (Å²) >= 11 is 0. The van der Waals surface area contributed by atoms with Gasteiger partial charge in [0.05, 0.1) is 12.8 Å². The van der Waals surface area contributed by atoms with Crippen LogP contribution in [0.25, 0.3) is 0 Å². The van der Waals surface area contributed by atoms with Gasteiger partial charge in [-0.05, 0) is 6.92 Å². The van der Waals surface area contributed by atoms with Crippen molar-refractivity contribution in [2.24, 2.45) is 0 Å². The van der Waals surface area contributed by atoms with E-state index in [9.17, 15) is 4.79 Å². The van der Waals surface area contributed by atoms with E-state index in [1.54, 1.807) is 14.0 Å². The minimum atomic E-state index is -0.102. The van der Waals surface area contributed by atoms with E-state index in [1.165, 1.54) is 0 Å². The van der Waals surface area contributed by atoms with Crippen molar-refractivity contribution in [1.29, 1.82) is 0 Å². The van der Waals surface area contributed by atoms with E-state index in [0.29, 0.717) is 6.73 Å². The minimum absolute atomic E-state index is 0.102. The summed E-state index contributed by atoms with van der Waals surface area (Å²) in [5.74, 6) is 0. The van der Waals surface area contributed by atoms with E-state index in [0.717, 1.165) is 6.29 Å². The van der Waals surface area contributed by atoms with Gasteiger partial charge in [-0.15, -0.1) is 0 Å². The van der Waals surface area contributed by atoms with Crippen LogP contribution in [-0.4, -0.2) is 26.2 Å². The SMILES string of the molecule is COCNC(C)C=O. The largest absolute Gasteiger partial charge is 0.370 e. The van der Waals surface area contributed by atoms with Gasteiger partial charge in [-0.25, -0.2) is 0 Å². The van der Waals surface area contributed by atoms with Gasteiger partial charge in [0.1, 0.15) is 6.29 Å². The summed E-state index contributed by atoms with van der Waals surface area (Å²) in [5, 5.41) is 2.79. The summed E-state index contributed by atoms with van der Waals surface area (Å²) < 4.78 is 4.64. The maximum atomic E-state index is 9.89. The number of aldehydes is 1. The molecule has 0 bridgehead atoms. The molecule has 0 spiro atoms. The van der Waals surface area contributed by atoms with Crippen molar-refractivity contribution in [3.63, 3.8) is 0 Å². The van der Waals surface area contributed by atoms with E-state index in [1.807, 2.05) is 0 Å². The van der Waals surface area contributed by atoms with Gasteiger partial charge >= 0.3 is 0 Å². The lowest BCUT2D eigenvalue weighted by Crippen LogP contribution is -2.28. The molecule has 0 aromatic carbocycles. The lowest BCUT2D eigenvalue weighted by Gasteiger charge is -2.03. The fraction of sp³-hybridized carbons (Fsp3) is 0.800. The van der Waals surface area contributed by atoms with E-state index < -0.39 is 0 Å². The molecule has 0 heterocycles.